The van der Waals surface area contributed by atoms with Crippen molar-refractivity contribution in [3.05, 3.63) is 75.5 Å². The molecule has 0 aromatic heterocycles. The molecule has 0 aliphatic carbocycles. The minimum Gasteiger partial charge on any atom is -0.466 e. The number of hydrogen-bond donors (Lipinski definition) is 3. The van der Waals surface area contributed by atoms with Gasteiger partial charge in [0.05, 0.1) is 30.7 Å². The second-order valence-corrected chi connectivity index (χ2v) is 11.3. The molecule has 1 atom stereocenters. The van der Waals surface area contributed by atoms with Crippen LogP contribution >= 0.6 is 11.6 Å². The van der Waals surface area contributed by atoms with Crippen LogP contribution in [-0.4, -0.2) is 80.9 Å². The number of methoxy groups -OCH3 is 2. The van der Waals surface area contributed by atoms with Crippen molar-refractivity contribution in [3.63, 3.8) is 0 Å². The number of nitrogens with zero attached hydrogens (tertiary/aromatic N) is 2. The van der Waals surface area contributed by atoms with Crippen molar-refractivity contribution < 1.29 is 42.2 Å². The number of benzene rings is 2. The molecule has 1 fully saturated rings. The predicted octanol–water partition coefficient (Wildman–Crippen LogP) is 4.41. The molecule has 5 rings (SSSR count). The first kappa shape index (κ1) is 32.1. The lowest BCUT2D eigenvalue weighted by atomic mass is 9.82. The molecule has 0 bridgehead atoms. The van der Waals surface area contributed by atoms with Crippen LogP contribution < -0.4 is 16.0 Å². The van der Waals surface area contributed by atoms with Gasteiger partial charge in [0.15, 0.2) is 11.6 Å². The first-order valence-corrected chi connectivity index (χ1v) is 14.6. The van der Waals surface area contributed by atoms with E-state index >= 15 is 0 Å². The Morgan fingerprint density at radius 3 is 2.53 bits per heavy atom. The fraction of sp³-hybridized carbons (Fsp3) is 0.400. The van der Waals surface area contributed by atoms with E-state index in [1.165, 1.54) is 13.2 Å². The van der Waals surface area contributed by atoms with Crippen molar-refractivity contribution in [1.82, 2.24) is 20.4 Å². The molecule has 2 aromatic carbocycles. The van der Waals surface area contributed by atoms with Gasteiger partial charge in [-0.25, -0.2) is 32.9 Å². The SMILES string of the molecule is COCC1=C(C(=O)OC)C(c2ccc(F)c(F)c2)N(C(=O)NCCCN2CCC3(CC2)OC(=O)Nc2ccc(Cl)cc23)C(=O)N1. The molecule has 3 N–H and O–H groups in total. The topological polar surface area (TPSA) is 139 Å². The molecule has 3 aliphatic heterocycles. The van der Waals surface area contributed by atoms with Crippen molar-refractivity contribution in [3.8, 4) is 0 Å². The first-order valence-electron chi connectivity index (χ1n) is 14.2. The Morgan fingerprint density at radius 2 is 1.84 bits per heavy atom. The Hall–Kier alpha value is -4.27. The van der Waals surface area contributed by atoms with Crippen LogP contribution in [0.1, 0.15) is 36.4 Å². The van der Waals surface area contributed by atoms with Crippen LogP contribution in [-0.2, 0) is 24.6 Å². The number of anilines is 1. The zero-order valence-corrected chi connectivity index (χ0v) is 25.3. The number of hydrogen-bond acceptors (Lipinski definition) is 8. The summed E-state index contributed by atoms with van der Waals surface area (Å²) < 4.78 is 43.8. The predicted molar refractivity (Wildman–Crippen MR) is 157 cm³/mol. The monoisotopic (exact) mass is 647 g/mol. The third-order valence-electron chi connectivity index (χ3n) is 8.09. The van der Waals surface area contributed by atoms with Gasteiger partial charge < -0.3 is 29.7 Å². The van der Waals surface area contributed by atoms with Gasteiger partial charge in [0.2, 0.25) is 0 Å². The summed E-state index contributed by atoms with van der Waals surface area (Å²) in [5, 5.41) is 8.43. The molecule has 240 valence electrons. The molecule has 5 amide bonds. The van der Waals surface area contributed by atoms with E-state index in [4.69, 9.17) is 25.8 Å². The molecule has 1 spiro atoms. The number of fused-ring (bicyclic) bond motifs is 2. The average molecular weight is 648 g/mol. The van der Waals surface area contributed by atoms with E-state index in [1.54, 1.807) is 12.1 Å². The van der Waals surface area contributed by atoms with Crippen molar-refractivity contribution in [1.29, 1.82) is 0 Å². The van der Waals surface area contributed by atoms with Crippen LogP contribution in [0.25, 0.3) is 0 Å². The highest BCUT2D eigenvalue weighted by atomic mass is 35.5. The summed E-state index contributed by atoms with van der Waals surface area (Å²) in [6, 6.07) is 4.97. The fourth-order valence-electron chi connectivity index (χ4n) is 5.94. The van der Waals surface area contributed by atoms with Crippen molar-refractivity contribution >= 4 is 41.4 Å². The third kappa shape index (κ3) is 6.58. The fourth-order valence-corrected chi connectivity index (χ4v) is 6.11. The number of piperidine rings is 1. The lowest BCUT2D eigenvalue weighted by molar-refractivity contribution is -0.137. The van der Waals surface area contributed by atoms with E-state index in [0.29, 0.717) is 49.6 Å². The summed E-state index contributed by atoms with van der Waals surface area (Å²) in [4.78, 5) is 54.6. The molecule has 0 radical (unpaired) electrons. The maximum atomic E-state index is 14.3. The molecule has 12 nitrogen and oxygen atoms in total. The average Bonchev–Trinajstić information content (AvgIpc) is 3.01. The molecule has 3 heterocycles. The largest absolute Gasteiger partial charge is 0.466 e. The van der Waals surface area contributed by atoms with E-state index in [0.717, 1.165) is 29.7 Å². The summed E-state index contributed by atoms with van der Waals surface area (Å²) in [6.45, 7) is 1.78. The Kier molecular flexibility index (Phi) is 9.56. The van der Waals surface area contributed by atoms with Gasteiger partial charge in [0, 0.05) is 50.2 Å². The molecular formula is C30H32ClF2N5O7. The number of esters is 1. The molecule has 2 aromatic rings. The lowest BCUT2D eigenvalue weighted by Gasteiger charge is -2.44. The van der Waals surface area contributed by atoms with Crippen molar-refractivity contribution in [2.24, 2.45) is 0 Å². The standard InChI is InChI=1S/C30H32ClF2N5O7/c1-43-16-23-24(26(39)44-2)25(17-4-6-20(32)21(33)14-17)38(28(41)35-23)27(40)34-10-3-11-37-12-8-30(9-13-37)19-15-18(31)5-7-22(19)36-29(42)45-30/h4-7,14-15,25H,3,8-13,16H2,1-2H3,(H,34,40)(H,35,41)(H,36,42). The minimum absolute atomic E-state index is 0.0170. The second-order valence-electron chi connectivity index (χ2n) is 10.8. The number of rotatable bonds is 8. The number of amides is 5. The van der Waals surface area contributed by atoms with Gasteiger partial charge in [-0.1, -0.05) is 17.7 Å². The van der Waals surface area contributed by atoms with Gasteiger partial charge >= 0.3 is 24.1 Å². The van der Waals surface area contributed by atoms with E-state index in [2.05, 4.69) is 20.9 Å². The van der Waals surface area contributed by atoms with Gasteiger partial charge in [-0.3, -0.25) is 5.32 Å². The van der Waals surface area contributed by atoms with Gasteiger partial charge in [-0.05, 0) is 48.9 Å². The maximum Gasteiger partial charge on any atom is 0.412 e. The number of ether oxygens (including phenoxy) is 3. The van der Waals surface area contributed by atoms with Gasteiger partial charge in [-0.2, -0.15) is 0 Å². The number of carbonyl (C=O) groups is 4. The second kappa shape index (κ2) is 13.4. The molecule has 1 unspecified atom stereocenters. The van der Waals surface area contributed by atoms with Crippen LogP contribution in [0.4, 0.5) is 28.9 Å². The Bertz CT molecular complexity index is 1550. The summed E-state index contributed by atoms with van der Waals surface area (Å²) in [5.74, 6) is -3.24. The third-order valence-corrected chi connectivity index (χ3v) is 8.33. The molecule has 3 aliphatic rings. The zero-order chi connectivity index (χ0) is 32.3. The highest BCUT2D eigenvalue weighted by molar-refractivity contribution is 6.30. The smallest absolute Gasteiger partial charge is 0.412 e. The summed E-state index contributed by atoms with van der Waals surface area (Å²) in [6.07, 6.45) is 1.10. The first-order chi connectivity index (χ1) is 21.6. The van der Waals surface area contributed by atoms with Crippen LogP contribution in [0, 0.1) is 11.6 Å². The van der Waals surface area contributed by atoms with E-state index in [-0.39, 0.29) is 30.0 Å². The van der Waals surface area contributed by atoms with Gasteiger partial charge in [0.25, 0.3) is 0 Å². The number of imide groups is 1. The Labute approximate surface area is 262 Å². The van der Waals surface area contributed by atoms with Crippen LogP contribution in [0.5, 0.6) is 0 Å². The highest BCUT2D eigenvalue weighted by Crippen LogP contribution is 2.44. The van der Waals surface area contributed by atoms with Crippen molar-refractivity contribution in [2.45, 2.75) is 30.9 Å². The summed E-state index contributed by atoms with van der Waals surface area (Å²) in [5.41, 5.74) is 0.581. The van der Waals surface area contributed by atoms with E-state index in [9.17, 15) is 28.0 Å². The highest BCUT2D eigenvalue weighted by Gasteiger charge is 2.45. The van der Waals surface area contributed by atoms with Gasteiger partial charge in [0.1, 0.15) is 11.6 Å². The number of carbonyl (C=O) groups excluding carboxylic acids is 4. The maximum absolute atomic E-state index is 14.3. The van der Waals surface area contributed by atoms with E-state index < -0.39 is 47.4 Å². The summed E-state index contributed by atoms with van der Waals surface area (Å²) >= 11 is 6.22. The lowest BCUT2D eigenvalue weighted by Crippen LogP contribution is -2.55. The molecule has 1 saturated heterocycles. The number of nitrogens with one attached hydrogen (secondary N) is 3. The Morgan fingerprint density at radius 1 is 1.09 bits per heavy atom. The van der Waals surface area contributed by atoms with Gasteiger partial charge in [-0.15, -0.1) is 0 Å². The summed E-state index contributed by atoms with van der Waals surface area (Å²) in [7, 11) is 2.46. The quantitative estimate of drug-likeness (QED) is 0.283. The van der Waals surface area contributed by atoms with Crippen LogP contribution in [0.3, 0.4) is 0 Å². The van der Waals surface area contributed by atoms with Crippen LogP contribution in [0.15, 0.2) is 47.7 Å². The number of urea groups is 2. The van der Waals surface area contributed by atoms with E-state index in [1.807, 2.05) is 6.07 Å². The molecular weight excluding hydrogens is 616 g/mol. The molecule has 15 heteroatoms. The van der Waals surface area contributed by atoms with Crippen molar-refractivity contribution in [2.75, 3.05) is 52.3 Å². The van der Waals surface area contributed by atoms with Crippen LogP contribution in [0.2, 0.25) is 5.02 Å². The minimum atomic E-state index is -1.42. The number of likely N-dealkylation sites (tertiary alicyclic amines) is 1. The Balaban J connectivity index is 1.24. The molecule has 45 heavy (non-hydrogen) atoms. The normalized spacial score (nSPS) is 19.4. The molecule has 0 saturated carbocycles. The zero-order valence-electron chi connectivity index (χ0n) is 24.6. The number of halogens is 3.